The molecule has 0 radical (unpaired) electrons. The summed E-state index contributed by atoms with van der Waals surface area (Å²) < 4.78 is 10.8. The molecule has 0 saturated heterocycles. The zero-order valence-electron chi connectivity index (χ0n) is 13.5. The van der Waals surface area contributed by atoms with Crippen LogP contribution < -0.4 is 10.1 Å². The number of anilines is 1. The van der Waals surface area contributed by atoms with Gasteiger partial charge in [-0.3, -0.25) is 4.79 Å². The van der Waals surface area contributed by atoms with Gasteiger partial charge in [0.1, 0.15) is 12.4 Å². The Hall–Kier alpha value is -2.79. The first-order chi connectivity index (χ1) is 12.0. The van der Waals surface area contributed by atoms with Gasteiger partial charge in [-0.25, -0.2) is 4.79 Å². The van der Waals surface area contributed by atoms with Crippen molar-refractivity contribution in [3.63, 3.8) is 0 Å². The van der Waals surface area contributed by atoms with Gasteiger partial charge in [0.15, 0.2) is 6.10 Å². The highest BCUT2D eigenvalue weighted by atomic mass is 35.5. The predicted octanol–water partition coefficient (Wildman–Crippen LogP) is 3.69. The molecule has 1 N–H and O–H groups in total. The fraction of sp³-hybridized carbons (Fsp3) is 0.158. The van der Waals surface area contributed by atoms with Crippen molar-refractivity contribution < 1.29 is 19.1 Å². The highest BCUT2D eigenvalue weighted by Crippen LogP contribution is 2.26. The van der Waals surface area contributed by atoms with E-state index < -0.39 is 18.0 Å². The summed E-state index contributed by atoms with van der Waals surface area (Å²) in [5, 5.41) is 3.24. The summed E-state index contributed by atoms with van der Waals surface area (Å²) in [6.07, 6.45) is 0.770. The number of ether oxygens (including phenoxy) is 2. The third-order valence-electron chi connectivity index (χ3n) is 3.66. The molecule has 128 valence electrons. The van der Waals surface area contributed by atoms with Gasteiger partial charge in [-0.1, -0.05) is 29.8 Å². The van der Waals surface area contributed by atoms with Crippen LogP contribution >= 0.6 is 11.6 Å². The van der Waals surface area contributed by atoms with Crippen molar-refractivity contribution in [1.29, 1.82) is 0 Å². The van der Waals surface area contributed by atoms with Crippen molar-refractivity contribution in [3.05, 3.63) is 64.7 Å². The monoisotopic (exact) mass is 357 g/mol. The Balaban J connectivity index is 1.61. The maximum Gasteiger partial charge on any atom is 0.338 e. The summed E-state index contributed by atoms with van der Waals surface area (Å²) in [6, 6.07) is 14.1. The van der Waals surface area contributed by atoms with Gasteiger partial charge >= 0.3 is 5.97 Å². The quantitative estimate of drug-likeness (QED) is 0.848. The minimum absolute atomic E-state index is 0.112. The van der Waals surface area contributed by atoms with Crippen molar-refractivity contribution >= 4 is 35.2 Å². The molecule has 0 aromatic heterocycles. The standard InChI is InChI=1S/C19H16ClNO4/c1-12(18(22)21-16-8-6-15(20)7-9-16)25-19(23)14-10-13-4-2-3-5-17(13)24-11-14/h2-10,12H,11H2,1H3,(H,21,22)/t12-/m0/s1. The maximum absolute atomic E-state index is 12.3. The van der Waals surface area contributed by atoms with Crippen LogP contribution in [0, 0.1) is 0 Å². The Morgan fingerprint density at radius 1 is 1.16 bits per heavy atom. The number of carbonyl (C=O) groups excluding carboxylic acids is 2. The van der Waals surface area contributed by atoms with Crippen LogP contribution in [0.15, 0.2) is 54.1 Å². The normalized spacial score (nSPS) is 13.8. The number of carbonyl (C=O) groups is 2. The number of fused-ring (bicyclic) bond motifs is 1. The molecule has 2 aromatic carbocycles. The third kappa shape index (κ3) is 4.19. The van der Waals surface area contributed by atoms with Crippen LogP contribution in [0.1, 0.15) is 12.5 Å². The van der Waals surface area contributed by atoms with Gasteiger partial charge in [0.05, 0.1) is 5.57 Å². The second-order valence-corrected chi connectivity index (χ2v) is 5.98. The van der Waals surface area contributed by atoms with Crippen LogP contribution in [-0.4, -0.2) is 24.6 Å². The molecule has 0 spiro atoms. The maximum atomic E-state index is 12.3. The summed E-state index contributed by atoms with van der Waals surface area (Å²) >= 11 is 5.80. The molecule has 0 unspecified atom stereocenters. The van der Waals surface area contributed by atoms with Gasteiger partial charge in [-0.2, -0.15) is 0 Å². The molecule has 0 saturated carbocycles. The Morgan fingerprint density at radius 3 is 2.64 bits per heavy atom. The number of nitrogens with one attached hydrogen (secondary N) is 1. The van der Waals surface area contributed by atoms with Crippen molar-refractivity contribution in [2.45, 2.75) is 13.0 Å². The second kappa shape index (κ2) is 7.40. The fourth-order valence-corrected chi connectivity index (χ4v) is 2.43. The number of amides is 1. The first-order valence-electron chi connectivity index (χ1n) is 7.73. The molecule has 5 nitrogen and oxygen atoms in total. The van der Waals surface area contributed by atoms with E-state index in [1.54, 1.807) is 30.3 Å². The molecule has 1 aliphatic heterocycles. The SMILES string of the molecule is C[C@H](OC(=O)C1=Cc2ccccc2OC1)C(=O)Nc1ccc(Cl)cc1. The minimum atomic E-state index is -0.943. The van der Waals surface area contributed by atoms with E-state index in [2.05, 4.69) is 5.32 Å². The van der Waals surface area contributed by atoms with Crippen molar-refractivity contribution in [1.82, 2.24) is 0 Å². The Morgan fingerprint density at radius 2 is 1.88 bits per heavy atom. The Kier molecular flexibility index (Phi) is 5.05. The van der Waals surface area contributed by atoms with Crippen LogP contribution in [0.2, 0.25) is 5.02 Å². The molecular weight excluding hydrogens is 342 g/mol. The third-order valence-corrected chi connectivity index (χ3v) is 3.91. The number of benzene rings is 2. The molecule has 2 aromatic rings. The number of hydrogen-bond acceptors (Lipinski definition) is 4. The topological polar surface area (TPSA) is 64.6 Å². The molecule has 25 heavy (non-hydrogen) atoms. The zero-order chi connectivity index (χ0) is 17.8. The number of esters is 1. The first-order valence-corrected chi connectivity index (χ1v) is 8.10. The Labute approximate surface area is 150 Å². The van der Waals surface area contributed by atoms with Gasteiger partial charge in [0.25, 0.3) is 5.91 Å². The van der Waals surface area contributed by atoms with Crippen molar-refractivity contribution in [2.75, 3.05) is 11.9 Å². The van der Waals surface area contributed by atoms with Crippen LogP contribution in [0.3, 0.4) is 0 Å². The van der Waals surface area contributed by atoms with Crippen LogP contribution in [0.4, 0.5) is 5.69 Å². The van der Waals surface area contributed by atoms with E-state index >= 15 is 0 Å². The lowest BCUT2D eigenvalue weighted by atomic mass is 10.1. The molecule has 6 heteroatoms. The van der Waals surface area contributed by atoms with E-state index in [0.717, 1.165) is 5.56 Å². The molecule has 3 rings (SSSR count). The Bertz CT molecular complexity index is 830. The molecule has 1 amide bonds. The zero-order valence-corrected chi connectivity index (χ0v) is 14.2. The van der Waals surface area contributed by atoms with E-state index in [1.807, 2.05) is 24.3 Å². The lowest BCUT2D eigenvalue weighted by Crippen LogP contribution is -2.31. The summed E-state index contributed by atoms with van der Waals surface area (Å²) in [4.78, 5) is 24.4. The summed E-state index contributed by atoms with van der Waals surface area (Å²) in [7, 11) is 0. The second-order valence-electron chi connectivity index (χ2n) is 5.54. The molecule has 1 heterocycles. The molecule has 0 aliphatic carbocycles. The van der Waals surface area contributed by atoms with E-state index in [0.29, 0.717) is 22.0 Å². The number of rotatable bonds is 4. The van der Waals surface area contributed by atoms with Gasteiger partial charge in [0.2, 0.25) is 0 Å². The highest BCUT2D eigenvalue weighted by Gasteiger charge is 2.23. The largest absolute Gasteiger partial charge is 0.488 e. The number of hydrogen-bond donors (Lipinski definition) is 1. The average Bonchev–Trinajstić information content (AvgIpc) is 2.63. The average molecular weight is 358 g/mol. The van der Waals surface area contributed by atoms with Crippen LogP contribution in [0.5, 0.6) is 5.75 Å². The van der Waals surface area contributed by atoms with E-state index in [1.165, 1.54) is 6.92 Å². The van der Waals surface area contributed by atoms with Crippen LogP contribution in [0.25, 0.3) is 6.08 Å². The van der Waals surface area contributed by atoms with Gasteiger partial charge in [0, 0.05) is 16.3 Å². The van der Waals surface area contributed by atoms with Crippen LogP contribution in [-0.2, 0) is 14.3 Å². The summed E-state index contributed by atoms with van der Waals surface area (Å²) in [5.74, 6) is -0.283. The molecule has 0 bridgehead atoms. The van der Waals surface area contributed by atoms with Gasteiger partial charge in [-0.05, 0) is 43.3 Å². The highest BCUT2D eigenvalue weighted by molar-refractivity contribution is 6.30. The van der Waals surface area contributed by atoms with E-state index in [-0.39, 0.29) is 6.61 Å². The van der Waals surface area contributed by atoms with Gasteiger partial charge in [-0.15, -0.1) is 0 Å². The predicted molar refractivity (Wildman–Crippen MR) is 95.5 cm³/mol. The van der Waals surface area contributed by atoms with Gasteiger partial charge < -0.3 is 14.8 Å². The van der Waals surface area contributed by atoms with E-state index in [9.17, 15) is 9.59 Å². The smallest absolute Gasteiger partial charge is 0.338 e. The molecule has 1 aliphatic rings. The lowest BCUT2D eigenvalue weighted by molar-refractivity contribution is -0.149. The summed E-state index contributed by atoms with van der Waals surface area (Å²) in [5.41, 5.74) is 1.75. The fourth-order valence-electron chi connectivity index (χ4n) is 2.30. The summed E-state index contributed by atoms with van der Waals surface area (Å²) in [6.45, 7) is 1.63. The molecule has 1 atom stereocenters. The first kappa shape index (κ1) is 17.0. The van der Waals surface area contributed by atoms with Crippen molar-refractivity contribution in [3.8, 4) is 5.75 Å². The number of para-hydroxylation sites is 1. The minimum Gasteiger partial charge on any atom is -0.488 e. The molecular formula is C19H16ClNO4. The van der Waals surface area contributed by atoms with E-state index in [4.69, 9.17) is 21.1 Å². The van der Waals surface area contributed by atoms with Crippen molar-refractivity contribution in [2.24, 2.45) is 0 Å². The number of halogens is 1. The molecule has 0 fully saturated rings. The lowest BCUT2D eigenvalue weighted by Gasteiger charge is -2.19.